The van der Waals surface area contributed by atoms with Crippen molar-refractivity contribution in [3.63, 3.8) is 0 Å². The molecule has 2 heterocycles. The van der Waals surface area contributed by atoms with E-state index in [9.17, 15) is 4.79 Å². The number of anilines is 1. The number of fused-ring (bicyclic) bond motifs is 3. The first kappa shape index (κ1) is 17.5. The lowest BCUT2D eigenvalue weighted by atomic mass is 9.75. The van der Waals surface area contributed by atoms with Crippen molar-refractivity contribution in [3.8, 4) is 11.5 Å². The van der Waals surface area contributed by atoms with E-state index in [1.807, 2.05) is 36.4 Å². The molecule has 4 rings (SSSR count). The van der Waals surface area contributed by atoms with Gasteiger partial charge in [0.1, 0.15) is 5.66 Å². The van der Waals surface area contributed by atoms with Gasteiger partial charge in [0.05, 0.1) is 20.8 Å². The molecule has 0 aliphatic carbocycles. The molecule has 0 aromatic heterocycles. The molecule has 27 heavy (non-hydrogen) atoms. The largest absolute Gasteiger partial charge is 0.493 e. The van der Waals surface area contributed by atoms with E-state index in [0.29, 0.717) is 18.0 Å². The topological polar surface area (TPSA) is 50.8 Å². The number of hydrogen-bond donors (Lipinski definition) is 1. The van der Waals surface area contributed by atoms with Crippen molar-refractivity contribution < 1.29 is 14.3 Å². The van der Waals surface area contributed by atoms with Crippen LogP contribution in [0.5, 0.6) is 11.5 Å². The van der Waals surface area contributed by atoms with Crippen LogP contribution in [0.15, 0.2) is 48.5 Å². The number of nitrogens with zero attached hydrogens (tertiary/aromatic N) is 1. The van der Waals surface area contributed by atoms with Gasteiger partial charge in [-0.15, -0.1) is 0 Å². The summed E-state index contributed by atoms with van der Waals surface area (Å²) in [6.45, 7) is 4.69. The number of amides is 1. The summed E-state index contributed by atoms with van der Waals surface area (Å²) >= 11 is 0. The third kappa shape index (κ3) is 2.34. The number of ether oxygens (including phenoxy) is 2. The van der Waals surface area contributed by atoms with Crippen LogP contribution in [0.3, 0.4) is 0 Å². The molecule has 0 spiro atoms. The molecular formula is C22H24N2O3. The van der Waals surface area contributed by atoms with Gasteiger partial charge >= 0.3 is 0 Å². The van der Waals surface area contributed by atoms with E-state index in [-0.39, 0.29) is 11.3 Å². The highest BCUT2D eigenvalue weighted by Crippen LogP contribution is 2.52. The van der Waals surface area contributed by atoms with Gasteiger partial charge in [-0.3, -0.25) is 4.79 Å². The van der Waals surface area contributed by atoms with Crippen LogP contribution in [0.2, 0.25) is 0 Å². The van der Waals surface area contributed by atoms with Gasteiger partial charge in [-0.05, 0) is 23.8 Å². The lowest BCUT2D eigenvalue weighted by Gasteiger charge is -2.40. The Morgan fingerprint density at radius 1 is 1.07 bits per heavy atom. The quantitative estimate of drug-likeness (QED) is 0.904. The summed E-state index contributed by atoms with van der Waals surface area (Å²) in [4.78, 5) is 14.5. The van der Waals surface area contributed by atoms with Crippen molar-refractivity contribution in [3.05, 3.63) is 59.7 Å². The summed E-state index contributed by atoms with van der Waals surface area (Å²) in [6, 6.07) is 14.1. The molecule has 5 heteroatoms. The van der Waals surface area contributed by atoms with E-state index in [4.69, 9.17) is 9.47 Å². The van der Waals surface area contributed by atoms with Gasteiger partial charge in [0.15, 0.2) is 11.5 Å². The minimum atomic E-state index is -0.623. The fraction of sp³-hybridized carbons (Fsp3) is 0.318. The third-order valence-electron chi connectivity index (χ3n) is 5.82. The van der Waals surface area contributed by atoms with Crippen molar-refractivity contribution in [2.24, 2.45) is 0 Å². The number of nitrogens with one attached hydrogen (secondary N) is 1. The molecule has 1 saturated heterocycles. The van der Waals surface area contributed by atoms with Gasteiger partial charge in [0.25, 0.3) is 0 Å². The molecule has 1 atom stereocenters. The summed E-state index contributed by atoms with van der Waals surface area (Å²) < 4.78 is 11.0. The third-order valence-corrected chi connectivity index (χ3v) is 5.82. The van der Waals surface area contributed by atoms with Crippen molar-refractivity contribution in [1.82, 2.24) is 5.32 Å². The van der Waals surface area contributed by atoms with Crippen LogP contribution < -0.4 is 19.7 Å². The second-order valence-corrected chi connectivity index (χ2v) is 7.46. The molecule has 1 unspecified atom stereocenters. The SMILES string of the molecule is COc1cccc(C=CC23NC(=O)CN2c2ccccc2C3(C)C)c1OC. The van der Waals surface area contributed by atoms with E-state index in [0.717, 1.165) is 11.3 Å². The standard InChI is InChI=1S/C22H24N2O3/c1-21(2)16-9-5-6-10-17(16)24-14-19(25)23-22(21,24)13-12-15-8-7-11-18(26-3)20(15)27-4/h5-13H,14H2,1-4H3,(H,23,25). The van der Waals surface area contributed by atoms with Crippen LogP contribution in [-0.4, -0.2) is 32.3 Å². The fourth-order valence-electron chi connectivity index (χ4n) is 4.39. The summed E-state index contributed by atoms with van der Waals surface area (Å²) in [5.74, 6) is 1.38. The van der Waals surface area contributed by atoms with Crippen molar-refractivity contribution in [2.75, 3.05) is 25.7 Å². The van der Waals surface area contributed by atoms with Crippen LogP contribution in [0.25, 0.3) is 6.08 Å². The maximum Gasteiger partial charge on any atom is 0.241 e. The average Bonchev–Trinajstić information content (AvgIpc) is 3.10. The van der Waals surface area contributed by atoms with Crippen molar-refractivity contribution >= 4 is 17.7 Å². The highest BCUT2D eigenvalue weighted by molar-refractivity contribution is 5.91. The summed E-state index contributed by atoms with van der Waals surface area (Å²) in [6.07, 6.45) is 4.09. The fourth-order valence-corrected chi connectivity index (χ4v) is 4.39. The van der Waals surface area contributed by atoms with Crippen LogP contribution >= 0.6 is 0 Å². The Balaban J connectivity index is 1.83. The van der Waals surface area contributed by atoms with Crippen LogP contribution in [0.4, 0.5) is 5.69 Å². The van der Waals surface area contributed by atoms with Crippen molar-refractivity contribution in [2.45, 2.75) is 24.9 Å². The first-order chi connectivity index (χ1) is 12.9. The molecule has 1 N–H and O–H groups in total. The lowest BCUT2D eigenvalue weighted by Crippen LogP contribution is -2.58. The minimum Gasteiger partial charge on any atom is -0.493 e. The van der Waals surface area contributed by atoms with Crippen LogP contribution in [-0.2, 0) is 10.2 Å². The predicted octanol–water partition coefficient (Wildman–Crippen LogP) is 3.34. The molecule has 1 amide bonds. The first-order valence-corrected chi connectivity index (χ1v) is 9.03. The Kier molecular flexibility index (Phi) is 3.91. The molecule has 0 radical (unpaired) electrons. The van der Waals surface area contributed by atoms with Gasteiger partial charge in [0, 0.05) is 16.7 Å². The number of hydrogen-bond acceptors (Lipinski definition) is 4. The molecule has 2 aliphatic rings. The molecule has 5 nitrogen and oxygen atoms in total. The number of carbonyl (C=O) groups is 1. The van der Waals surface area contributed by atoms with Gasteiger partial charge in [-0.1, -0.05) is 50.3 Å². The van der Waals surface area contributed by atoms with E-state index < -0.39 is 5.66 Å². The summed E-state index contributed by atoms with van der Waals surface area (Å²) in [7, 11) is 3.26. The highest BCUT2D eigenvalue weighted by atomic mass is 16.5. The Morgan fingerprint density at radius 2 is 1.85 bits per heavy atom. The second kappa shape index (κ2) is 6.05. The maximum atomic E-state index is 12.4. The Hall–Kier alpha value is -2.95. The predicted molar refractivity (Wildman–Crippen MR) is 106 cm³/mol. The first-order valence-electron chi connectivity index (χ1n) is 9.03. The minimum absolute atomic E-state index is 0.0276. The zero-order chi connectivity index (χ0) is 19.2. The highest BCUT2D eigenvalue weighted by Gasteiger charge is 2.59. The molecular weight excluding hydrogens is 340 g/mol. The molecule has 140 valence electrons. The number of benzene rings is 2. The zero-order valence-electron chi connectivity index (χ0n) is 16.1. The van der Waals surface area contributed by atoms with Gasteiger partial charge in [-0.25, -0.2) is 0 Å². The van der Waals surface area contributed by atoms with E-state index >= 15 is 0 Å². The lowest BCUT2D eigenvalue weighted by molar-refractivity contribution is -0.118. The second-order valence-electron chi connectivity index (χ2n) is 7.46. The van der Waals surface area contributed by atoms with E-state index in [1.165, 1.54) is 5.56 Å². The number of carbonyl (C=O) groups excluding carboxylic acids is 1. The Bertz CT molecular complexity index is 935. The van der Waals surface area contributed by atoms with Crippen LogP contribution in [0.1, 0.15) is 25.0 Å². The molecule has 2 aromatic rings. The van der Waals surface area contributed by atoms with Gasteiger partial charge < -0.3 is 19.7 Å². The smallest absolute Gasteiger partial charge is 0.241 e. The molecule has 2 aromatic carbocycles. The van der Waals surface area contributed by atoms with Crippen molar-refractivity contribution in [1.29, 1.82) is 0 Å². The maximum absolute atomic E-state index is 12.4. The van der Waals surface area contributed by atoms with E-state index in [1.54, 1.807) is 14.2 Å². The van der Waals surface area contributed by atoms with Gasteiger partial charge in [-0.2, -0.15) is 0 Å². The Morgan fingerprint density at radius 3 is 2.59 bits per heavy atom. The summed E-state index contributed by atoms with van der Waals surface area (Å²) in [5, 5.41) is 3.23. The Labute approximate surface area is 159 Å². The monoisotopic (exact) mass is 364 g/mol. The van der Waals surface area contributed by atoms with Crippen LogP contribution in [0, 0.1) is 0 Å². The zero-order valence-corrected chi connectivity index (χ0v) is 16.1. The van der Waals surface area contributed by atoms with Gasteiger partial charge in [0.2, 0.25) is 5.91 Å². The summed E-state index contributed by atoms with van der Waals surface area (Å²) in [5.41, 5.74) is 2.31. The number of methoxy groups -OCH3 is 2. The number of rotatable bonds is 4. The normalized spacial score (nSPS) is 22.5. The molecule has 1 fully saturated rings. The molecule has 0 bridgehead atoms. The number of para-hydroxylation sites is 2. The average molecular weight is 364 g/mol. The van der Waals surface area contributed by atoms with E-state index in [2.05, 4.69) is 42.3 Å². The molecule has 2 aliphatic heterocycles. The molecule has 0 saturated carbocycles.